The maximum Gasteiger partial charge on any atom is 0.306 e. The van der Waals surface area contributed by atoms with Crippen LogP contribution in [0, 0.1) is 0 Å². The Balaban J connectivity index is 4.31. The van der Waals surface area contributed by atoms with E-state index in [9.17, 15) is 19.5 Å². The fourth-order valence-corrected chi connectivity index (χ4v) is 6.26. The monoisotopic (exact) mass is 762 g/mol. The van der Waals surface area contributed by atoms with Crippen molar-refractivity contribution in [2.45, 2.75) is 199 Å². The molecule has 8 heteroatoms. The second-order valence-electron chi connectivity index (χ2n) is 15.9. The number of carboxylic acid groups (broad SMARTS) is 1. The van der Waals surface area contributed by atoms with E-state index in [0.29, 0.717) is 12.8 Å². The van der Waals surface area contributed by atoms with Gasteiger partial charge < -0.3 is 28.6 Å². The number of carbonyl (C=O) groups is 3. The van der Waals surface area contributed by atoms with E-state index in [1.165, 1.54) is 96.3 Å². The molecule has 0 aromatic rings. The number of esters is 2. The molecular formula is C46H83NO7. The van der Waals surface area contributed by atoms with Gasteiger partial charge in [-0.2, -0.15) is 0 Å². The lowest BCUT2D eigenvalue weighted by molar-refractivity contribution is -0.889. The minimum Gasteiger partial charge on any atom is -0.544 e. The van der Waals surface area contributed by atoms with Crippen molar-refractivity contribution in [3.05, 3.63) is 36.5 Å². The minimum atomic E-state index is -1.13. The largest absolute Gasteiger partial charge is 0.544 e. The molecule has 0 aliphatic rings. The summed E-state index contributed by atoms with van der Waals surface area (Å²) in [7, 11) is 5.40. The Bertz CT molecular complexity index is 984. The summed E-state index contributed by atoms with van der Waals surface area (Å²) in [6.07, 6.45) is 41.6. The number of carboxylic acids is 1. The second kappa shape index (κ2) is 37.5. The fourth-order valence-electron chi connectivity index (χ4n) is 6.26. The molecule has 0 radical (unpaired) electrons. The molecule has 0 aliphatic heterocycles. The van der Waals surface area contributed by atoms with Gasteiger partial charge in [0.15, 0.2) is 6.10 Å². The minimum absolute atomic E-state index is 0.0373. The van der Waals surface area contributed by atoms with Crippen LogP contribution in [-0.2, 0) is 28.6 Å². The van der Waals surface area contributed by atoms with Gasteiger partial charge in [0.2, 0.25) is 0 Å². The van der Waals surface area contributed by atoms with Gasteiger partial charge in [0.05, 0.1) is 40.3 Å². The van der Waals surface area contributed by atoms with Gasteiger partial charge in [0.1, 0.15) is 12.6 Å². The highest BCUT2D eigenvalue weighted by Gasteiger charge is 2.25. The summed E-state index contributed by atoms with van der Waals surface area (Å²) in [6.45, 7) is 4.59. The zero-order valence-electron chi connectivity index (χ0n) is 35.6. The number of quaternary nitrogens is 1. The molecule has 0 saturated heterocycles. The van der Waals surface area contributed by atoms with Gasteiger partial charge in [-0.25, -0.2) is 0 Å². The summed E-state index contributed by atoms with van der Waals surface area (Å²) < 4.78 is 17.1. The van der Waals surface area contributed by atoms with Gasteiger partial charge in [0, 0.05) is 19.3 Å². The molecule has 2 atom stereocenters. The summed E-state index contributed by atoms with van der Waals surface area (Å²) in [4.78, 5) is 36.8. The summed E-state index contributed by atoms with van der Waals surface area (Å²) in [5, 5.41) is 11.6. The number of carbonyl (C=O) groups excluding carboxylic acids is 3. The number of rotatable bonds is 39. The Morgan fingerprint density at radius 3 is 1.50 bits per heavy atom. The molecule has 0 bridgehead atoms. The van der Waals surface area contributed by atoms with E-state index in [1.54, 1.807) is 21.1 Å². The maximum absolute atomic E-state index is 12.7. The second-order valence-corrected chi connectivity index (χ2v) is 15.9. The van der Waals surface area contributed by atoms with E-state index in [0.717, 1.165) is 57.8 Å². The molecule has 8 nitrogen and oxygen atoms in total. The highest BCUT2D eigenvalue weighted by atomic mass is 16.6. The molecular weight excluding hydrogens is 679 g/mol. The van der Waals surface area contributed by atoms with Gasteiger partial charge in [-0.3, -0.25) is 9.59 Å². The molecule has 54 heavy (non-hydrogen) atoms. The van der Waals surface area contributed by atoms with Gasteiger partial charge in [0.25, 0.3) is 0 Å². The zero-order chi connectivity index (χ0) is 40.0. The molecule has 0 amide bonds. The SMILES string of the molecule is CCCC/C=C\CCCCCCCC(=O)OCC(COCCC(C(=O)[O-])[N+](C)(C)C)OC(=O)CCCCCCCCCCC/C=C\C/C=C\CCCCC. The van der Waals surface area contributed by atoms with E-state index in [-0.39, 0.29) is 42.7 Å². The number of unbranched alkanes of at least 4 members (excludes halogenated alkanes) is 19. The molecule has 2 unspecified atom stereocenters. The highest BCUT2D eigenvalue weighted by Crippen LogP contribution is 2.14. The van der Waals surface area contributed by atoms with Crippen molar-refractivity contribution < 1.29 is 38.2 Å². The molecule has 0 aliphatic carbocycles. The highest BCUT2D eigenvalue weighted by molar-refractivity contribution is 5.70. The van der Waals surface area contributed by atoms with Crippen LogP contribution >= 0.6 is 0 Å². The molecule has 0 aromatic carbocycles. The summed E-state index contributed by atoms with van der Waals surface area (Å²) in [5.74, 6) is -1.75. The number of allylic oxidation sites excluding steroid dienone is 6. The van der Waals surface area contributed by atoms with E-state index >= 15 is 0 Å². The van der Waals surface area contributed by atoms with Gasteiger partial charge in [-0.1, -0.05) is 140 Å². The summed E-state index contributed by atoms with van der Waals surface area (Å²) >= 11 is 0. The number of nitrogens with zero attached hydrogens (tertiary/aromatic N) is 1. The number of ether oxygens (including phenoxy) is 3. The van der Waals surface area contributed by atoms with Crippen LogP contribution in [-0.4, -0.2) is 75.5 Å². The number of likely N-dealkylation sites (N-methyl/N-ethyl adjacent to an activating group) is 1. The predicted molar refractivity (Wildman–Crippen MR) is 222 cm³/mol. The first kappa shape index (κ1) is 51.5. The first-order chi connectivity index (χ1) is 26.1. The van der Waals surface area contributed by atoms with Crippen molar-refractivity contribution in [1.29, 1.82) is 0 Å². The van der Waals surface area contributed by atoms with E-state index in [4.69, 9.17) is 14.2 Å². The van der Waals surface area contributed by atoms with E-state index in [1.807, 2.05) is 0 Å². The predicted octanol–water partition coefficient (Wildman–Crippen LogP) is 10.5. The molecule has 0 N–H and O–H groups in total. The quantitative estimate of drug-likeness (QED) is 0.0266. The van der Waals surface area contributed by atoms with Crippen LogP contribution in [0.2, 0.25) is 0 Å². The van der Waals surface area contributed by atoms with Crippen LogP contribution in [0.3, 0.4) is 0 Å². The van der Waals surface area contributed by atoms with Crippen LogP contribution in [0.1, 0.15) is 187 Å². The molecule has 0 rings (SSSR count). The smallest absolute Gasteiger partial charge is 0.306 e. The first-order valence-corrected chi connectivity index (χ1v) is 22.0. The van der Waals surface area contributed by atoms with Crippen LogP contribution in [0.25, 0.3) is 0 Å². The fraction of sp³-hybridized carbons (Fsp3) is 0.804. The third kappa shape index (κ3) is 35.3. The molecule has 314 valence electrons. The summed E-state index contributed by atoms with van der Waals surface area (Å²) in [5.41, 5.74) is 0. The van der Waals surface area contributed by atoms with E-state index in [2.05, 4.69) is 50.3 Å². The molecule has 0 heterocycles. The molecule has 0 saturated carbocycles. The van der Waals surface area contributed by atoms with Crippen LogP contribution in [0.15, 0.2) is 36.5 Å². The van der Waals surface area contributed by atoms with Crippen molar-refractivity contribution in [2.75, 3.05) is 41.0 Å². The van der Waals surface area contributed by atoms with Crippen molar-refractivity contribution in [3.63, 3.8) is 0 Å². The Morgan fingerprint density at radius 1 is 0.556 bits per heavy atom. The average molecular weight is 762 g/mol. The van der Waals surface area contributed by atoms with Gasteiger partial charge >= 0.3 is 11.9 Å². The topological polar surface area (TPSA) is 102 Å². The molecule has 0 aromatic heterocycles. The lowest BCUT2D eigenvalue weighted by Crippen LogP contribution is -2.55. The number of hydrogen-bond donors (Lipinski definition) is 0. The Labute approximate surface area is 332 Å². The molecule has 0 fully saturated rings. The Morgan fingerprint density at radius 2 is 1.00 bits per heavy atom. The Hall–Kier alpha value is -2.45. The average Bonchev–Trinajstić information content (AvgIpc) is 3.12. The van der Waals surface area contributed by atoms with Crippen molar-refractivity contribution in [1.82, 2.24) is 0 Å². The van der Waals surface area contributed by atoms with Crippen molar-refractivity contribution in [3.8, 4) is 0 Å². The standard InChI is InChI=1S/C46H83NO7/c1-6-8-10-12-14-16-18-19-20-21-22-23-24-25-27-29-31-33-35-37-45(49)54-42(40-52-39-38-43(46(50)51)47(3,4)5)41-53-44(48)36-34-32-30-28-26-17-15-13-11-9-7-2/h13-16,19-20,42-43H,6-12,17-18,21-41H2,1-5H3/b15-13-,16-14-,20-19-. The van der Waals surface area contributed by atoms with Gasteiger partial charge in [-0.05, 0) is 64.2 Å². The summed E-state index contributed by atoms with van der Waals surface area (Å²) in [6, 6.07) is -0.726. The van der Waals surface area contributed by atoms with Gasteiger partial charge in [-0.15, -0.1) is 0 Å². The lowest BCUT2D eigenvalue weighted by Gasteiger charge is -2.34. The third-order valence-corrected chi connectivity index (χ3v) is 9.75. The van der Waals surface area contributed by atoms with Crippen LogP contribution in [0.5, 0.6) is 0 Å². The first-order valence-electron chi connectivity index (χ1n) is 22.0. The normalized spacial score (nSPS) is 13.3. The van der Waals surface area contributed by atoms with Crippen molar-refractivity contribution in [2.24, 2.45) is 0 Å². The third-order valence-electron chi connectivity index (χ3n) is 9.75. The maximum atomic E-state index is 12.7. The van der Waals surface area contributed by atoms with Crippen LogP contribution < -0.4 is 5.11 Å². The zero-order valence-corrected chi connectivity index (χ0v) is 35.6. The molecule has 0 spiro atoms. The number of hydrogen-bond acceptors (Lipinski definition) is 7. The van der Waals surface area contributed by atoms with Crippen LogP contribution in [0.4, 0.5) is 0 Å². The Kier molecular flexibility index (Phi) is 35.8. The number of aliphatic carboxylic acids is 1. The lowest BCUT2D eigenvalue weighted by atomic mass is 10.1. The van der Waals surface area contributed by atoms with E-state index < -0.39 is 18.1 Å². The van der Waals surface area contributed by atoms with Crippen molar-refractivity contribution >= 4 is 17.9 Å².